The molecule has 0 amide bonds. The van der Waals surface area contributed by atoms with Gasteiger partial charge in [0.2, 0.25) is 10.0 Å². The van der Waals surface area contributed by atoms with Gasteiger partial charge in [-0.3, -0.25) is 0 Å². The highest BCUT2D eigenvalue weighted by atomic mass is 32.2. The average Bonchev–Trinajstić information content (AvgIpc) is 2.46. The first-order chi connectivity index (χ1) is 9.47. The van der Waals surface area contributed by atoms with Crippen molar-refractivity contribution in [2.24, 2.45) is 5.41 Å². The molecule has 2 rings (SSSR count). The first kappa shape index (κ1) is 15.0. The molecule has 1 heterocycles. The molecule has 0 aliphatic carbocycles. The summed E-state index contributed by atoms with van der Waals surface area (Å²) in [5, 5.41) is 8.99. The third-order valence-electron chi connectivity index (χ3n) is 3.69. The molecule has 6 heteroatoms. The van der Waals surface area contributed by atoms with Crippen molar-refractivity contribution in [1.29, 1.82) is 5.26 Å². The molecule has 20 heavy (non-hydrogen) atoms. The standard InChI is InChI=1S/C14H18N2O3S/c1-14(6-8-19-9-7-14)11-16-20(17,18)13-5-3-2-4-12(13)10-15/h2-5,16H,6-9,11H2,1H3. The summed E-state index contributed by atoms with van der Waals surface area (Å²) in [5.74, 6) is 0. The number of nitrogens with one attached hydrogen (secondary N) is 1. The summed E-state index contributed by atoms with van der Waals surface area (Å²) in [6.45, 7) is 3.73. The highest BCUT2D eigenvalue weighted by molar-refractivity contribution is 7.89. The van der Waals surface area contributed by atoms with E-state index in [-0.39, 0.29) is 15.9 Å². The van der Waals surface area contributed by atoms with Crippen LogP contribution in [0.1, 0.15) is 25.3 Å². The highest BCUT2D eigenvalue weighted by Crippen LogP contribution is 2.29. The summed E-state index contributed by atoms with van der Waals surface area (Å²) in [6.07, 6.45) is 1.66. The third-order valence-corrected chi connectivity index (χ3v) is 5.15. The zero-order valence-corrected chi connectivity index (χ0v) is 12.2. The smallest absolute Gasteiger partial charge is 0.241 e. The minimum Gasteiger partial charge on any atom is -0.381 e. The minimum atomic E-state index is -3.65. The summed E-state index contributed by atoms with van der Waals surface area (Å²) < 4.78 is 32.5. The number of sulfonamides is 1. The fraction of sp³-hybridized carbons (Fsp3) is 0.500. The molecule has 0 spiro atoms. The van der Waals surface area contributed by atoms with Crippen molar-refractivity contribution in [3.8, 4) is 6.07 Å². The number of hydrogen-bond donors (Lipinski definition) is 1. The van der Waals surface area contributed by atoms with E-state index in [1.54, 1.807) is 12.1 Å². The molecular weight excluding hydrogens is 276 g/mol. The van der Waals surface area contributed by atoms with Gasteiger partial charge in [-0.25, -0.2) is 13.1 Å². The zero-order valence-electron chi connectivity index (χ0n) is 11.4. The van der Waals surface area contributed by atoms with Gasteiger partial charge in [-0.1, -0.05) is 19.1 Å². The van der Waals surface area contributed by atoms with Gasteiger partial charge < -0.3 is 4.74 Å². The second-order valence-corrected chi connectivity index (χ2v) is 7.09. The van der Waals surface area contributed by atoms with Crippen LogP contribution in [-0.4, -0.2) is 28.2 Å². The van der Waals surface area contributed by atoms with Crippen molar-refractivity contribution in [2.75, 3.05) is 19.8 Å². The average molecular weight is 294 g/mol. The van der Waals surface area contributed by atoms with Crippen LogP contribution in [0.5, 0.6) is 0 Å². The van der Waals surface area contributed by atoms with E-state index in [2.05, 4.69) is 4.72 Å². The summed E-state index contributed by atoms with van der Waals surface area (Å²) in [5.41, 5.74) is 0.0736. The quantitative estimate of drug-likeness (QED) is 0.915. The van der Waals surface area contributed by atoms with Gasteiger partial charge in [-0.15, -0.1) is 0 Å². The Morgan fingerprint density at radius 1 is 1.35 bits per heavy atom. The lowest BCUT2D eigenvalue weighted by atomic mass is 9.83. The molecule has 0 aromatic heterocycles. The van der Waals surface area contributed by atoms with E-state index >= 15 is 0 Å². The van der Waals surface area contributed by atoms with Crippen LogP contribution >= 0.6 is 0 Å². The molecule has 108 valence electrons. The van der Waals surface area contributed by atoms with E-state index in [9.17, 15) is 8.42 Å². The van der Waals surface area contributed by atoms with E-state index in [4.69, 9.17) is 10.00 Å². The predicted octanol–water partition coefficient (Wildman–Crippen LogP) is 1.65. The second-order valence-electron chi connectivity index (χ2n) is 5.36. The summed E-state index contributed by atoms with van der Waals surface area (Å²) in [4.78, 5) is 0.0400. The van der Waals surface area contributed by atoms with Crippen LogP contribution in [0.25, 0.3) is 0 Å². The zero-order chi connectivity index (χ0) is 14.6. The molecule has 1 saturated heterocycles. The van der Waals surface area contributed by atoms with Crippen molar-refractivity contribution < 1.29 is 13.2 Å². The Bertz CT molecular complexity index is 614. The van der Waals surface area contributed by atoms with Crippen LogP contribution in [-0.2, 0) is 14.8 Å². The Balaban J connectivity index is 2.14. The maximum atomic E-state index is 12.3. The van der Waals surface area contributed by atoms with Crippen LogP contribution in [0.3, 0.4) is 0 Å². The van der Waals surface area contributed by atoms with Crippen molar-refractivity contribution in [1.82, 2.24) is 4.72 Å². The summed E-state index contributed by atoms with van der Waals surface area (Å²) in [6, 6.07) is 8.13. The van der Waals surface area contributed by atoms with Gasteiger partial charge >= 0.3 is 0 Å². The Labute approximate surface area is 119 Å². The largest absolute Gasteiger partial charge is 0.381 e. The van der Waals surface area contributed by atoms with Crippen LogP contribution < -0.4 is 4.72 Å². The van der Waals surface area contributed by atoms with E-state index in [0.29, 0.717) is 19.8 Å². The molecule has 1 aromatic carbocycles. The van der Waals surface area contributed by atoms with Gasteiger partial charge in [0, 0.05) is 19.8 Å². The minimum absolute atomic E-state index is 0.0400. The van der Waals surface area contributed by atoms with Crippen molar-refractivity contribution >= 4 is 10.0 Å². The molecule has 1 fully saturated rings. The molecule has 1 aliphatic rings. The Hall–Kier alpha value is -1.42. The number of benzene rings is 1. The molecule has 0 bridgehead atoms. The molecular formula is C14H18N2O3S. The molecule has 1 aliphatic heterocycles. The maximum Gasteiger partial charge on any atom is 0.241 e. The van der Waals surface area contributed by atoms with Gasteiger partial charge in [0.05, 0.1) is 10.5 Å². The number of rotatable bonds is 4. The predicted molar refractivity (Wildman–Crippen MR) is 74.5 cm³/mol. The highest BCUT2D eigenvalue weighted by Gasteiger charge is 2.29. The molecule has 0 atom stereocenters. The second kappa shape index (κ2) is 5.92. The lowest BCUT2D eigenvalue weighted by Crippen LogP contribution is -2.39. The van der Waals surface area contributed by atoms with Crippen molar-refractivity contribution in [2.45, 2.75) is 24.7 Å². The van der Waals surface area contributed by atoms with Gasteiger partial charge in [0.25, 0.3) is 0 Å². The Morgan fingerprint density at radius 3 is 2.65 bits per heavy atom. The number of ether oxygens (including phenoxy) is 1. The molecule has 5 nitrogen and oxygen atoms in total. The monoisotopic (exact) mass is 294 g/mol. The molecule has 1 aromatic rings. The fourth-order valence-corrected chi connectivity index (χ4v) is 3.54. The number of nitriles is 1. The molecule has 0 saturated carbocycles. The van der Waals surface area contributed by atoms with E-state index < -0.39 is 10.0 Å². The third kappa shape index (κ3) is 3.37. The Morgan fingerprint density at radius 2 is 2.00 bits per heavy atom. The Kier molecular flexibility index (Phi) is 4.43. The summed E-state index contributed by atoms with van der Waals surface area (Å²) >= 11 is 0. The fourth-order valence-electron chi connectivity index (χ4n) is 2.18. The van der Waals surface area contributed by atoms with Crippen LogP contribution in [0.4, 0.5) is 0 Å². The first-order valence-electron chi connectivity index (χ1n) is 6.53. The molecule has 0 unspecified atom stereocenters. The van der Waals surface area contributed by atoms with Crippen molar-refractivity contribution in [3.63, 3.8) is 0 Å². The number of nitrogens with zero attached hydrogens (tertiary/aromatic N) is 1. The van der Waals surface area contributed by atoms with Crippen LogP contribution in [0, 0.1) is 16.7 Å². The van der Waals surface area contributed by atoms with Crippen molar-refractivity contribution in [3.05, 3.63) is 29.8 Å². The first-order valence-corrected chi connectivity index (χ1v) is 8.02. The normalized spacial score (nSPS) is 18.4. The molecule has 1 N–H and O–H groups in total. The number of hydrogen-bond acceptors (Lipinski definition) is 4. The SMILES string of the molecule is CC1(CNS(=O)(=O)c2ccccc2C#N)CCOCC1. The van der Waals surface area contributed by atoms with Gasteiger partial charge in [-0.2, -0.15) is 5.26 Å². The van der Waals surface area contributed by atoms with E-state index in [0.717, 1.165) is 12.8 Å². The van der Waals surface area contributed by atoms with E-state index in [1.807, 2.05) is 13.0 Å². The lowest BCUT2D eigenvalue weighted by Gasteiger charge is -2.33. The topological polar surface area (TPSA) is 79.2 Å². The van der Waals surface area contributed by atoms with Crippen LogP contribution in [0.15, 0.2) is 29.2 Å². The van der Waals surface area contributed by atoms with Gasteiger partial charge in [-0.05, 0) is 30.4 Å². The maximum absolute atomic E-state index is 12.3. The summed E-state index contributed by atoms with van der Waals surface area (Å²) in [7, 11) is -3.65. The van der Waals surface area contributed by atoms with Gasteiger partial charge in [0.15, 0.2) is 0 Å². The lowest BCUT2D eigenvalue weighted by molar-refractivity contribution is 0.0264. The van der Waals surface area contributed by atoms with Gasteiger partial charge in [0.1, 0.15) is 6.07 Å². The molecule has 0 radical (unpaired) electrons. The van der Waals surface area contributed by atoms with Crippen LogP contribution in [0.2, 0.25) is 0 Å². The van der Waals surface area contributed by atoms with E-state index in [1.165, 1.54) is 12.1 Å².